The van der Waals surface area contributed by atoms with Crippen molar-refractivity contribution in [2.75, 3.05) is 18.4 Å². The Morgan fingerprint density at radius 2 is 2.12 bits per heavy atom. The van der Waals surface area contributed by atoms with Crippen LogP contribution in [0.15, 0.2) is 29.6 Å². The molecule has 4 N–H and O–H groups in total. The van der Waals surface area contributed by atoms with Gasteiger partial charge in [0.25, 0.3) is 11.8 Å². The van der Waals surface area contributed by atoms with Gasteiger partial charge in [-0.1, -0.05) is 11.6 Å². The van der Waals surface area contributed by atoms with Crippen LogP contribution in [-0.2, 0) is 0 Å². The first-order chi connectivity index (χ1) is 11.5. The molecule has 0 aliphatic carbocycles. The number of benzene rings is 1. The summed E-state index contributed by atoms with van der Waals surface area (Å²) in [6, 6.07) is 5.91. The fourth-order valence-electron chi connectivity index (χ4n) is 2.58. The minimum Gasteiger partial charge on any atom is -0.507 e. The number of rotatable bonds is 3. The Morgan fingerprint density at radius 3 is 2.79 bits per heavy atom. The van der Waals surface area contributed by atoms with Crippen molar-refractivity contribution >= 4 is 39.8 Å². The number of anilines is 1. The third-order valence-electron chi connectivity index (χ3n) is 3.84. The number of phenolic OH excluding ortho intramolecular Hbond substituents is 1. The standard InChI is InChI=1S/C16H16ClN3O3S/c17-9-1-2-11(13(21)7-9)14(22)19-15-12(4-6-24-15)16(23)20-5-3-10(18)8-20/h1-2,4,6-7,10,21H,3,5,8,18H2,(H,19,22)/t10-/m1/s1. The highest BCUT2D eigenvalue weighted by atomic mass is 35.5. The molecule has 1 fully saturated rings. The number of halogens is 1. The summed E-state index contributed by atoms with van der Waals surface area (Å²) in [6.07, 6.45) is 0.774. The molecule has 3 rings (SSSR count). The van der Waals surface area contributed by atoms with Crippen LogP contribution in [0.1, 0.15) is 27.1 Å². The zero-order valence-corrected chi connectivity index (χ0v) is 14.2. The highest BCUT2D eigenvalue weighted by molar-refractivity contribution is 7.14. The molecule has 8 heteroatoms. The van der Waals surface area contributed by atoms with Crippen LogP contribution in [0.5, 0.6) is 5.75 Å². The SMILES string of the molecule is N[C@@H]1CCN(C(=O)c2ccsc2NC(=O)c2ccc(Cl)cc2O)C1. The van der Waals surface area contributed by atoms with Gasteiger partial charge < -0.3 is 21.1 Å². The van der Waals surface area contributed by atoms with Crippen LogP contribution < -0.4 is 11.1 Å². The van der Waals surface area contributed by atoms with Crippen LogP contribution in [-0.4, -0.2) is 41.0 Å². The Labute approximate surface area is 147 Å². The van der Waals surface area contributed by atoms with Gasteiger partial charge in [0.2, 0.25) is 0 Å². The number of phenols is 1. The van der Waals surface area contributed by atoms with Gasteiger partial charge in [0.05, 0.1) is 11.1 Å². The fraction of sp³-hybridized carbons (Fsp3) is 0.250. The first-order valence-electron chi connectivity index (χ1n) is 7.38. The first-order valence-corrected chi connectivity index (χ1v) is 8.63. The van der Waals surface area contributed by atoms with Gasteiger partial charge in [-0.15, -0.1) is 11.3 Å². The minimum atomic E-state index is -0.501. The summed E-state index contributed by atoms with van der Waals surface area (Å²) >= 11 is 7.02. The van der Waals surface area contributed by atoms with E-state index in [0.717, 1.165) is 6.42 Å². The molecule has 2 aromatic rings. The van der Waals surface area contributed by atoms with Gasteiger partial charge in [0.15, 0.2) is 0 Å². The van der Waals surface area contributed by atoms with Crippen LogP contribution in [0.3, 0.4) is 0 Å². The van der Waals surface area contributed by atoms with Crippen LogP contribution in [0.2, 0.25) is 5.02 Å². The number of aromatic hydroxyl groups is 1. The molecule has 0 radical (unpaired) electrons. The quantitative estimate of drug-likeness (QED) is 0.778. The van der Waals surface area contributed by atoms with E-state index in [1.54, 1.807) is 16.3 Å². The maximum atomic E-state index is 12.6. The lowest BCUT2D eigenvalue weighted by Gasteiger charge is -2.16. The number of nitrogens with two attached hydrogens (primary N) is 1. The van der Waals surface area contributed by atoms with E-state index in [0.29, 0.717) is 28.7 Å². The number of thiophene rings is 1. The van der Waals surface area contributed by atoms with Crippen LogP contribution in [0, 0.1) is 0 Å². The third kappa shape index (κ3) is 3.38. The monoisotopic (exact) mass is 365 g/mol. The Bertz CT molecular complexity index is 793. The van der Waals surface area contributed by atoms with Gasteiger partial charge in [0, 0.05) is 24.2 Å². The molecular formula is C16H16ClN3O3S. The predicted molar refractivity (Wildman–Crippen MR) is 93.9 cm³/mol. The molecule has 0 spiro atoms. The summed E-state index contributed by atoms with van der Waals surface area (Å²) in [5, 5.41) is 15.0. The second kappa shape index (κ2) is 6.80. The molecule has 0 unspecified atom stereocenters. The Balaban J connectivity index is 1.78. The molecular weight excluding hydrogens is 350 g/mol. The largest absolute Gasteiger partial charge is 0.507 e. The van der Waals surface area contributed by atoms with E-state index in [4.69, 9.17) is 17.3 Å². The number of carbonyl (C=O) groups excluding carboxylic acids is 2. The third-order valence-corrected chi connectivity index (χ3v) is 4.90. The van der Waals surface area contributed by atoms with E-state index in [2.05, 4.69) is 5.32 Å². The van der Waals surface area contributed by atoms with E-state index >= 15 is 0 Å². The van der Waals surface area contributed by atoms with Crippen LogP contribution in [0.4, 0.5) is 5.00 Å². The maximum Gasteiger partial charge on any atom is 0.260 e. The second-order valence-electron chi connectivity index (χ2n) is 5.58. The van der Waals surface area contributed by atoms with E-state index in [-0.39, 0.29) is 23.3 Å². The summed E-state index contributed by atoms with van der Waals surface area (Å²) in [6.45, 7) is 1.13. The van der Waals surface area contributed by atoms with Crippen LogP contribution in [0.25, 0.3) is 0 Å². The zero-order chi connectivity index (χ0) is 17.3. The predicted octanol–water partition coefficient (Wildman–Crippen LogP) is 2.53. The molecule has 6 nitrogen and oxygen atoms in total. The van der Waals surface area contributed by atoms with Gasteiger partial charge in [-0.05, 0) is 36.1 Å². The van der Waals surface area contributed by atoms with E-state index < -0.39 is 5.91 Å². The molecule has 1 saturated heterocycles. The van der Waals surface area contributed by atoms with Crippen molar-refractivity contribution in [3.8, 4) is 5.75 Å². The topological polar surface area (TPSA) is 95.7 Å². The molecule has 0 saturated carbocycles. The Morgan fingerprint density at radius 1 is 1.33 bits per heavy atom. The highest BCUT2D eigenvalue weighted by Crippen LogP contribution is 2.28. The van der Waals surface area contributed by atoms with Gasteiger partial charge >= 0.3 is 0 Å². The molecule has 1 aromatic heterocycles. The summed E-state index contributed by atoms with van der Waals surface area (Å²) < 4.78 is 0. The van der Waals surface area contributed by atoms with E-state index in [1.807, 2.05) is 0 Å². The molecule has 24 heavy (non-hydrogen) atoms. The van der Waals surface area contributed by atoms with E-state index in [1.165, 1.54) is 29.5 Å². The highest BCUT2D eigenvalue weighted by Gasteiger charge is 2.27. The molecule has 0 bridgehead atoms. The first kappa shape index (κ1) is 16.8. The summed E-state index contributed by atoms with van der Waals surface area (Å²) in [7, 11) is 0. The maximum absolute atomic E-state index is 12.6. The lowest BCUT2D eigenvalue weighted by molar-refractivity contribution is 0.0792. The summed E-state index contributed by atoms with van der Waals surface area (Å²) in [4.78, 5) is 26.6. The molecule has 126 valence electrons. The van der Waals surface area contributed by atoms with Gasteiger partial charge in [-0.25, -0.2) is 0 Å². The van der Waals surface area contributed by atoms with Crippen molar-refractivity contribution < 1.29 is 14.7 Å². The number of nitrogens with one attached hydrogen (secondary N) is 1. The molecule has 2 amide bonds. The van der Waals surface area contributed by atoms with Gasteiger partial charge in [0.1, 0.15) is 10.8 Å². The smallest absolute Gasteiger partial charge is 0.260 e. The van der Waals surface area contributed by atoms with Crippen molar-refractivity contribution in [2.45, 2.75) is 12.5 Å². The summed E-state index contributed by atoms with van der Waals surface area (Å²) in [5.41, 5.74) is 6.36. The molecule has 1 aliphatic rings. The lowest BCUT2D eigenvalue weighted by Crippen LogP contribution is -2.32. The lowest BCUT2D eigenvalue weighted by atomic mass is 10.2. The molecule has 1 aromatic carbocycles. The Hall–Kier alpha value is -2.09. The number of nitrogens with zero attached hydrogens (tertiary/aromatic N) is 1. The van der Waals surface area contributed by atoms with E-state index in [9.17, 15) is 14.7 Å². The number of hydrogen-bond donors (Lipinski definition) is 3. The van der Waals surface area contributed by atoms with Crippen molar-refractivity contribution in [3.63, 3.8) is 0 Å². The summed E-state index contributed by atoms with van der Waals surface area (Å²) in [5.74, 6) is -0.867. The van der Waals surface area contributed by atoms with Crippen molar-refractivity contribution in [1.82, 2.24) is 4.90 Å². The van der Waals surface area contributed by atoms with Crippen molar-refractivity contribution in [1.29, 1.82) is 0 Å². The number of amides is 2. The molecule has 1 aliphatic heterocycles. The number of carbonyl (C=O) groups is 2. The number of likely N-dealkylation sites (tertiary alicyclic amines) is 1. The van der Waals surface area contributed by atoms with Crippen molar-refractivity contribution in [3.05, 3.63) is 45.8 Å². The van der Waals surface area contributed by atoms with Gasteiger partial charge in [-0.3, -0.25) is 9.59 Å². The molecule has 2 heterocycles. The second-order valence-corrected chi connectivity index (χ2v) is 6.93. The average Bonchev–Trinajstić information content (AvgIpc) is 3.15. The zero-order valence-electron chi connectivity index (χ0n) is 12.7. The van der Waals surface area contributed by atoms with Gasteiger partial charge in [-0.2, -0.15) is 0 Å². The molecule has 1 atom stereocenters. The average molecular weight is 366 g/mol. The number of hydrogen-bond acceptors (Lipinski definition) is 5. The Kier molecular flexibility index (Phi) is 4.75. The van der Waals surface area contributed by atoms with Crippen LogP contribution >= 0.6 is 22.9 Å². The van der Waals surface area contributed by atoms with Crippen molar-refractivity contribution in [2.24, 2.45) is 5.73 Å². The fourth-order valence-corrected chi connectivity index (χ4v) is 3.52. The minimum absolute atomic E-state index is 0.00311. The normalized spacial score (nSPS) is 17.1.